The van der Waals surface area contributed by atoms with Crippen molar-refractivity contribution in [1.82, 2.24) is 10.2 Å². The lowest BCUT2D eigenvalue weighted by Gasteiger charge is -2.31. The fourth-order valence-electron chi connectivity index (χ4n) is 2.32. The van der Waals surface area contributed by atoms with Crippen molar-refractivity contribution in [3.63, 3.8) is 0 Å². The molecule has 0 unspecified atom stereocenters. The molecular weight excluding hydrogens is 302 g/mol. The Balaban J connectivity index is 0.00000200. The summed E-state index contributed by atoms with van der Waals surface area (Å²) in [6, 6.07) is 4.82. The van der Waals surface area contributed by atoms with Crippen LogP contribution in [0.1, 0.15) is 12.8 Å². The van der Waals surface area contributed by atoms with E-state index in [1.165, 1.54) is 25.0 Å². The summed E-state index contributed by atoms with van der Waals surface area (Å²) in [5, 5.41) is 3.68. The molecule has 0 bridgehead atoms. The highest BCUT2D eigenvalue weighted by Crippen LogP contribution is 2.24. The number of halogens is 3. The van der Waals surface area contributed by atoms with E-state index in [0.29, 0.717) is 23.4 Å². The quantitative estimate of drug-likeness (QED) is 0.902. The number of likely N-dealkylation sites (N-methyl/N-ethyl adjacent to an activating group) is 1. The lowest BCUT2D eigenvalue weighted by Crippen LogP contribution is -2.42. The van der Waals surface area contributed by atoms with Crippen LogP contribution in [0.5, 0.6) is 5.75 Å². The Kier molecular flexibility index (Phi) is 7.59. The van der Waals surface area contributed by atoms with Gasteiger partial charge in [0.2, 0.25) is 0 Å². The van der Waals surface area contributed by atoms with E-state index in [4.69, 9.17) is 16.3 Å². The molecule has 3 nitrogen and oxygen atoms in total. The molecule has 114 valence electrons. The average Bonchev–Trinajstić information content (AvgIpc) is 2.42. The molecule has 1 N–H and O–H groups in total. The van der Waals surface area contributed by atoms with Crippen LogP contribution in [-0.4, -0.2) is 44.2 Å². The highest BCUT2D eigenvalue weighted by molar-refractivity contribution is 6.32. The molecule has 0 radical (unpaired) electrons. The number of hydrogen-bond donors (Lipinski definition) is 1. The number of hydrogen-bond acceptors (Lipinski definition) is 3. The average molecular weight is 323 g/mol. The normalized spacial score (nSPS) is 16.0. The van der Waals surface area contributed by atoms with Gasteiger partial charge in [-0.25, -0.2) is 4.39 Å². The van der Waals surface area contributed by atoms with E-state index in [-0.39, 0.29) is 18.2 Å². The fourth-order valence-corrected chi connectivity index (χ4v) is 2.54. The first kappa shape index (κ1) is 17.5. The molecule has 0 saturated carbocycles. The van der Waals surface area contributed by atoms with Gasteiger partial charge in [0, 0.05) is 12.6 Å². The van der Waals surface area contributed by atoms with Crippen LogP contribution in [0, 0.1) is 5.82 Å². The summed E-state index contributed by atoms with van der Waals surface area (Å²) >= 11 is 5.91. The van der Waals surface area contributed by atoms with Crippen molar-refractivity contribution < 1.29 is 9.13 Å². The molecule has 0 aliphatic carbocycles. The summed E-state index contributed by atoms with van der Waals surface area (Å²) in [6.45, 7) is 3.57. The van der Waals surface area contributed by atoms with Crippen LogP contribution in [-0.2, 0) is 0 Å². The predicted octanol–water partition coefficient (Wildman–Crippen LogP) is 2.96. The SMILES string of the molecule is CN(CCOc1ccc(F)cc1Cl)C1CCNCC1.Cl. The number of nitrogens with one attached hydrogen (secondary N) is 1. The maximum atomic E-state index is 12.9. The Bertz CT molecular complexity index is 414. The second-order valence-corrected chi connectivity index (χ2v) is 5.29. The minimum atomic E-state index is -0.343. The Labute approximate surface area is 130 Å². The van der Waals surface area contributed by atoms with Crippen molar-refractivity contribution in [2.75, 3.05) is 33.3 Å². The lowest BCUT2D eigenvalue weighted by atomic mass is 10.1. The van der Waals surface area contributed by atoms with Crippen LogP contribution >= 0.6 is 24.0 Å². The first-order chi connectivity index (χ1) is 9.16. The van der Waals surface area contributed by atoms with Gasteiger partial charge in [-0.15, -0.1) is 12.4 Å². The number of benzene rings is 1. The van der Waals surface area contributed by atoms with Crippen LogP contribution in [0.4, 0.5) is 4.39 Å². The Hall–Kier alpha value is -0.550. The smallest absolute Gasteiger partial charge is 0.138 e. The van der Waals surface area contributed by atoms with Crippen molar-refractivity contribution in [2.24, 2.45) is 0 Å². The van der Waals surface area contributed by atoms with Gasteiger partial charge in [0.15, 0.2) is 0 Å². The van der Waals surface area contributed by atoms with Crippen molar-refractivity contribution >= 4 is 24.0 Å². The van der Waals surface area contributed by atoms with Gasteiger partial charge < -0.3 is 10.1 Å². The maximum absolute atomic E-state index is 12.9. The molecule has 1 aliphatic heterocycles. The van der Waals surface area contributed by atoms with Crippen LogP contribution in [0.25, 0.3) is 0 Å². The van der Waals surface area contributed by atoms with E-state index in [1.807, 2.05) is 0 Å². The van der Waals surface area contributed by atoms with Crippen LogP contribution in [0.15, 0.2) is 18.2 Å². The zero-order valence-electron chi connectivity index (χ0n) is 11.6. The van der Waals surface area contributed by atoms with E-state index < -0.39 is 0 Å². The number of nitrogens with zero attached hydrogens (tertiary/aromatic N) is 1. The molecule has 1 fully saturated rings. The highest BCUT2D eigenvalue weighted by Gasteiger charge is 2.17. The highest BCUT2D eigenvalue weighted by atomic mass is 35.5. The molecule has 1 saturated heterocycles. The molecule has 0 spiro atoms. The number of rotatable bonds is 5. The third kappa shape index (κ3) is 5.09. The largest absolute Gasteiger partial charge is 0.491 e. The molecule has 1 heterocycles. The molecule has 0 aromatic heterocycles. The monoisotopic (exact) mass is 322 g/mol. The summed E-state index contributed by atoms with van der Waals surface area (Å²) in [4.78, 5) is 2.32. The van der Waals surface area contributed by atoms with Crippen molar-refractivity contribution in [2.45, 2.75) is 18.9 Å². The second-order valence-electron chi connectivity index (χ2n) is 4.88. The molecule has 20 heavy (non-hydrogen) atoms. The molecule has 1 aromatic carbocycles. The molecular formula is C14H21Cl2FN2O. The van der Waals surface area contributed by atoms with Gasteiger partial charge in [-0.2, -0.15) is 0 Å². The van der Waals surface area contributed by atoms with E-state index >= 15 is 0 Å². The summed E-state index contributed by atoms with van der Waals surface area (Å²) in [6.07, 6.45) is 2.35. The third-order valence-corrected chi connectivity index (χ3v) is 3.82. The minimum absolute atomic E-state index is 0. The predicted molar refractivity (Wildman–Crippen MR) is 82.7 cm³/mol. The van der Waals surface area contributed by atoms with Crippen LogP contribution < -0.4 is 10.1 Å². The van der Waals surface area contributed by atoms with Crippen molar-refractivity contribution in [3.8, 4) is 5.75 Å². The third-order valence-electron chi connectivity index (χ3n) is 3.53. The maximum Gasteiger partial charge on any atom is 0.138 e. The van der Waals surface area contributed by atoms with Gasteiger partial charge in [0.05, 0.1) is 5.02 Å². The summed E-state index contributed by atoms with van der Waals surface area (Å²) in [7, 11) is 2.12. The van der Waals surface area contributed by atoms with Gasteiger partial charge in [0.25, 0.3) is 0 Å². The van der Waals surface area contributed by atoms with Gasteiger partial charge in [-0.1, -0.05) is 11.6 Å². The zero-order valence-corrected chi connectivity index (χ0v) is 13.1. The topological polar surface area (TPSA) is 24.5 Å². The van der Waals surface area contributed by atoms with Crippen molar-refractivity contribution in [1.29, 1.82) is 0 Å². The van der Waals surface area contributed by atoms with Gasteiger partial charge in [-0.05, 0) is 51.2 Å². The minimum Gasteiger partial charge on any atom is -0.491 e. The van der Waals surface area contributed by atoms with Crippen molar-refractivity contribution in [3.05, 3.63) is 29.0 Å². The summed E-state index contributed by atoms with van der Waals surface area (Å²) < 4.78 is 18.5. The van der Waals surface area contributed by atoms with E-state index in [9.17, 15) is 4.39 Å². The molecule has 1 aromatic rings. The van der Waals surface area contributed by atoms with Crippen LogP contribution in [0.3, 0.4) is 0 Å². The van der Waals surface area contributed by atoms with E-state index in [0.717, 1.165) is 19.6 Å². The van der Waals surface area contributed by atoms with Crippen LogP contribution in [0.2, 0.25) is 5.02 Å². The summed E-state index contributed by atoms with van der Waals surface area (Å²) in [5.74, 6) is 0.200. The molecule has 2 rings (SSSR count). The van der Waals surface area contributed by atoms with Gasteiger partial charge >= 0.3 is 0 Å². The lowest BCUT2D eigenvalue weighted by molar-refractivity contribution is 0.165. The van der Waals surface area contributed by atoms with Gasteiger partial charge in [0.1, 0.15) is 18.2 Å². The zero-order chi connectivity index (χ0) is 13.7. The Morgan fingerprint density at radius 1 is 1.40 bits per heavy atom. The van der Waals surface area contributed by atoms with E-state index in [1.54, 1.807) is 6.07 Å². The first-order valence-electron chi connectivity index (χ1n) is 6.65. The standard InChI is InChI=1S/C14H20ClFN2O.ClH/c1-18(12-4-6-17-7-5-12)8-9-19-14-3-2-11(16)10-13(14)15;/h2-3,10,12,17H,4-9H2,1H3;1H. The Morgan fingerprint density at radius 2 is 2.10 bits per heavy atom. The number of piperidine rings is 1. The fraction of sp³-hybridized carbons (Fsp3) is 0.571. The van der Waals surface area contributed by atoms with E-state index in [2.05, 4.69) is 17.3 Å². The Morgan fingerprint density at radius 3 is 2.75 bits per heavy atom. The number of ether oxygens (including phenoxy) is 1. The molecule has 1 aliphatic rings. The molecule has 0 atom stereocenters. The van der Waals surface area contributed by atoms with Gasteiger partial charge in [-0.3, -0.25) is 4.90 Å². The molecule has 0 amide bonds. The molecule has 6 heteroatoms. The second kappa shape index (κ2) is 8.67. The first-order valence-corrected chi connectivity index (χ1v) is 7.03. The summed E-state index contributed by atoms with van der Waals surface area (Å²) in [5.41, 5.74) is 0.